The maximum atomic E-state index is 11.6. The molecule has 0 saturated heterocycles. The van der Waals surface area contributed by atoms with Crippen LogP contribution in [-0.2, 0) is 4.79 Å². The van der Waals surface area contributed by atoms with Crippen molar-refractivity contribution >= 4 is 29.3 Å². The number of hydrogen-bond donors (Lipinski definition) is 2. The van der Waals surface area contributed by atoms with Crippen LogP contribution in [0.15, 0.2) is 37.1 Å². The molecular formula is C13H12N6O. The van der Waals surface area contributed by atoms with Crippen LogP contribution in [0.3, 0.4) is 0 Å². The largest absolute Gasteiger partial charge is 0.396 e. The first-order valence-electron chi connectivity index (χ1n) is 5.68. The van der Waals surface area contributed by atoms with Gasteiger partial charge in [-0.15, -0.1) is 0 Å². The molecule has 4 N–H and O–H groups in total. The fourth-order valence-electron chi connectivity index (χ4n) is 1.30. The summed E-state index contributed by atoms with van der Waals surface area (Å²) in [5.41, 5.74) is 12.5. The van der Waals surface area contributed by atoms with E-state index in [0.717, 1.165) is 0 Å². The number of ketones is 1. The molecule has 0 aliphatic heterocycles. The van der Waals surface area contributed by atoms with E-state index in [9.17, 15) is 4.79 Å². The van der Waals surface area contributed by atoms with E-state index in [0.29, 0.717) is 22.9 Å². The maximum Gasteiger partial charge on any atom is 0.178 e. The molecule has 2 rings (SSSR count). The first-order chi connectivity index (χ1) is 9.65. The van der Waals surface area contributed by atoms with Crippen LogP contribution in [0.2, 0.25) is 0 Å². The standard InChI is InChI=1S/C13H12N6O/c14-9-5-17-13(18-6-9)4-2-10(20)1-3-12-11(15)7-16-8-19-12/h1-8H,14-15H2/b3-1+,4-2+. The minimum atomic E-state index is -0.233. The van der Waals surface area contributed by atoms with Crippen molar-refractivity contribution in [3.63, 3.8) is 0 Å². The zero-order valence-corrected chi connectivity index (χ0v) is 10.5. The zero-order valence-electron chi connectivity index (χ0n) is 10.5. The number of rotatable bonds is 4. The van der Waals surface area contributed by atoms with Crippen molar-refractivity contribution < 1.29 is 4.79 Å². The highest BCUT2D eigenvalue weighted by Gasteiger charge is 1.97. The van der Waals surface area contributed by atoms with Crippen molar-refractivity contribution in [2.45, 2.75) is 0 Å². The summed E-state index contributed by atoms with van der Waals surface area (Å²) in [5, 5.41) is 0. The van der Waals surface area contributed by atoms with Gasteiger partial charge in [-0.3, -0.25) is 4.79 Å². The average molecular weight is 268 g/mol. The zero-order chi connectivity index (χ0) is 14.4. The molecule has 2 aromatic heterocycles. The van der Waals surface area contributed by atoms with E-state index in [-0.39, 0.29) is 5.78 Å². The van der Waals surface area contributed by atoms with Crippen LogP contribution in [0.1, 0.15) is 11.5 Å². The second-order valence-corrected chi connectivity index (χ2v) is 3.81. The van der Waals surface area contributed by atoms with E-state index in [1.165, 1.54) is 49.2 Å². The summed E-state index contributed by atoms with van der Waals surface area (Å²) in [6, 6.07) is 0. The number of hydrogen-bond acceptors (Lipinski definition) is 7. The van der Waals surface area contributed by atoms with Gasteiger partial charge >= 0.3 is 0 Å². The molecule has 0 aliphatic rings. The van der Waals surface area contributed by atoms with E-state index >= 15 is 0 Å². The van der Waals surface area contributed by atoms with Gasteiger partial charge in [-0.2, -0.15) is 0 Å². The fourth-order valence-corrected chi connectivity index (χ4v) is 1.30. The molecular weight excluding hydrogens is 256 g/mol. The molecule has 100 valence electrons. The number of allylic oxidation sites excluding steroid dienone is 2. The van der Waals surface area contributed by atoms with Crippen LogP contribution in [0.4, 0.5) is 11.4 Å². The van der Waals surface area contributed by atoms with Crippen molar-refractivity contribution in [2.75, 3.05) is 11.5 Å². The first kappa shape index (κ1) is 13.3. The van der Waals surface area contributed by atoms with Gasteiger partial charge < -0.3 is 11.5 Å². The number of aromatic nitrogens is 4. The van der Waals surface area contributed by atoms with E-state index in [4.69, 9.17) is 11.5 Å². The molecule has 20 heavy (non-hydrogen) atoms. The van der Waals surface area contributed by atoms with E-state index in [1.54, 1.807) is 0 Å². The number of nitrogen functional groups attached to an aromatic ring is 2. The normalized spacial score (nSPS) is 11.2. The Hall–Kier alpha value is -3.09. The second-order valence-electron chi connectivity index (χ2n) is 3.81. The van der Waals surface area contributed by atoms with Crippen LogP contribution in [0.5, 0.6) is 0 Å². The smallest absolute Gasteiger partial charge is 0.178 e. The highest BCUT2D eigenvalue weighted by molar-refractivity contribution is 6.04. The lowest BCUT2D eigenvalue weighted by Gasteiger charge is -1.95. The Labute approximate surface area is 115 Å². The summed E-state index contributed by atoms with van der Waals surface area (Å²) in [4.78, 5) is 27.2. The Morgan fingerprint density at radius 1 is 1.00 bits per heavy atom. The average Bonchev–Trinajstić information content (AvgIpc) is 2.46. The summed E-state index contributed by atoms with van der Waals surface area (Å²) in [6.45, 7) is 0. The number of anilines is 2. The Bertz CT molecular complexity index is 663. The van der Waals surface area contributed by atoms with Gasteiger partial charge in [-0.1, -0.05) is 0 Å². The van der Waals surface area contributed by atoms with Gasteiger partial charge in [-0.05, 0) is 24.3 Å². The molecule has 0 spiro atoms. The van der Waals surface area contributed by atoms with E-state index in [2.05, 4.69) is 19.9 Å². The lowest BCUT2D eigenvalue weighted by Crippen LogP contribution is -1.94. The van der Waals surface area contributed by atoms with Crippen LogP contribution < -0.4 is 11.5 Å². The van der Waals surface area contributed by atoms with Crippen molar-refractivity contribution in [2.24, 2.45) is 0 Å². The SMILES string of the molecule is Nc1cnc(/C=C/C(=O)/C=C/c2ncncc2N)nc1. The molecule has 0 atom stereocenters. The Morgan fingerprint density at radius 2 is 1.70 bits per heavy atom. The van der Waals surface area contributed by atoms with Gasteiger partial charge in [0.25, 0.3) is 0 Å². The van der Waals surface area contributed by atoms with Gasteiger partial charge in [0, 0.05) is 0 Å². The van der Waals surface area contributed by atoms with E-state index in [1.807, 2.05) is 0 Å². The second kappa shape index (κ2) is 6.19. The van der Waals surface area contributed by atoms with Gasteiger partial charge in [0.2, 0.25) is 0 Å². The Morgan fingerprint density at radius 3 is 2.40 bits per heavy atom. The summed E-state index contributed by atoms with van der Waals surface area (Å²) < 4.78 is 0. The lowest BCUT2D eigenvalue weighted by atomic mass is 10.2. The molecule has 0 saturated carbocycles. The summed E-state index contributed by atoms with van der Waals surface area (Å²) in [6.07, 6.45) is 11.5. The van der Waals surface area contributed by atoms with Crippen LogP contribution in [0.25, 0.3) is 12.2 Å². The van der Waals surface area contributed by atoms with Crippen molar-refractivity contribution in [1.82, 2.24) is 19.9 Å². The predicted molar refractivity (Wildman–Crippen MR) is 76.0 cm³/mol. The minimum absolute atomic E-state index is 0.233. The number of carbonyl (C=O) groups excluding carboxylic acids is 1. The van der Waals surface area contributed by atoms with Gasteiger partial charge in [0.05, 0.1) is 35.7 Å². The third-order valence-corrected chi connectivity index (χ3v) is 2.27. The minimum Gasteiger partial charge on any atom is -0.396 e. The Kier molecular flexibility index (Phi) is 4.13. The molecule has 7 nitrogen and oxygen atoms in total. The number of nitrogens with two attached hydrogens (primary N) is 2. The third kappa shape index (κ3) is 3.70. The van der Waals surface area contributed by atoms with Gasteiger partial charge in [-0.25, -0.2) is 19.9 Å². The van der Waals surface area contributed by atoms with Gasteiger partial charge in [0.1, 0.15) is 6.33 Å². The molecule has 0 aromatic carbocycles. The van der Waals surface area contributed by atoms with E-state index < -0.39 is 0 Å². The molecule has 7 heteroatoms. The highest BCUT2D eigenvalue weighted by Crippen LogP contribution is 2.07. The predicted octanol–water partition coefficient (Wildman–Crippen LogP) is 0.727. The fraction of sp³-hybridized carbons (Fsp3) is 0. The topological polar surface area (TPSA) is 121 Å². The molecule has 2 aromatic rings. The monoisotopic (exact) mass is 268 g/mol. The van der Waals surface area contributed by atoms with Crippen molar-refractivity contribution in [3.05, 3.63) is 48.6 Å². The molecule has 0 radical (unpaired) electrons. The molecule has 0 aliphatic carbocycles. The molecule has 2 heterocycles. The number of nitrogens with zero attached hydrogens (tertiary/aromatic N) is 4. The maximum absolute atomic E-state index is 11.6. The van der Waals surface area contributed by atoms with Crippen molar-refractivity contribution in [1.29, 1.82) is 0 Å². The van der Waals surface area contributed by atoms with Gasteiger partial charge in [0.15, 0.2) is 11.6 Å². The summed E-state index contributed by atoms with van der Waals surface area (Å²) in [7, 11) is 0. The highest BCUT2D eigenvalue weighted by atomic mass is 16.1. The quantitative estimate of drug-likeness (QED) is 0.784. The Balaban J connectivity index is 2.02. The lowest BCUT2D eigenvalue weighted by molar-refractivity contribution is -0.110. The molecule has 0 bridgehead atoms. The summed E-state index contributed by atoms with van der Waals surface area (Å²) in [5.74, 6) is 0.172. The van der Waals surface area contributed by atoms with Crippen LogP contribution >= 0.6 is 0 Å². The molecule has 0 unspecified atom stereocenters. The third-order valence-electron chi connectivity index (χ3n) is 2.27. The summed E-state index contributed by atoms with van der Waals surface area (Å²) >= 11 is 0. The molecule has 0 fully saturated rings. The first-order valence-corrected chi connectivity index (χ1v) is 5.68. The van der Waals surface area contributed by atoms with Crippen LogP contribution in [-0.4, -0.2) is 25.7 Å². The molecule has 0 amide bonds. The van der Waals surface area contributed by atoms with Crippen LogP contribution in [0, 0.1) is 0 Å². The van der Waals surface area contributed by atoms with Crippen molar-refractivity contribution in [3.8, 4) is 0 Å². The number of carbonyl (C=O) groups is 1.